The number of hydrogen-bond donors (Lipinski definition) is 2. The van der Waals surface area contributed by atoms with Gasteiger partial charge in [0.2, 0.25) is 0 Å². The summed E-state index contributed by atoms with van der Waals surface area (Å²) in [5, 5.41) is 6.12. The first-order valence-corrected chi connectivity index (χ1v) is 6.07. The van der Waals surface area contributed by atoms with E-state index in [-0.39, 0.29) is 12.5 Å². The second kappa shape index (κ2) is 5.89. The maximum Gasteiger partial charge on any atom is 0.325 e. The van der Waals surface area contributed by atoms with Crippen LogP contribution in [-0.2, 0) is 9.53 Å². The molecule has 98 valence electrons. The summed E-state index contributed by atoms with van der Waals surface area (Å²) in [5.74, 6) is 1.16. The Labute approximate surface area is 103 Å². The van der Waals surface area contributed by atoms with Crippen LogP contribution in [-0.4, -0.2) is 37.7 Å². The van der Waals surface area contributed by atoms with Gasteiger partial charge in [0, 0.05) is 13.6 Å². The van der Waals surface area contributed by atoms with E-state index in [0.717, 1.165) is 12.5 Å². The van der Waals surface area contributed by atoms with E-state index in [9.17, 15) is 4.79 Å². The van der Waals surface area contributed by atoms with Crippen LogP contribution in [0.2, 0.25) is 0 Å². The van der Waals surface area contributed by atoms with Crippen molar-refractivity contribution < 1.29 is 9.53 Å². The molecule has 0 heterocycles. The van der Waals surface area contributed by atoms with Crippen LogP contribution in [0, 0.1) is 5.92 Å². The maximum atomic E-state index is 11.5. The summed E-state index contributed by atoms with van der Waals surface area (Å²) in [6.07, 6.45) is 2.58. The Bertz CT molecular complexity index is 291. The second-order valence-corrected chi connectivity index (χ2v) is 5.34. The average molecular weight is 241 g/mol. The van der Waals surface area contributed by atoms with Crippen molar-refractivity contribution in [3.05, 3.63) is 0 Å². The third kappa shape index (κ3) is 6.81. The Morgan fingerprint density at radius 3 is 2.47 bits per heavy atom. The monoisotopic (exact) mass is 241 g/mol. The second-order valence-electron chi connectivity index (χ2n) is 5.34. The molecule has 0 aromatic heterocycles. The normalized spacial score (nSPS) is 16.6. The lowest BCUT2D eigenvalue weighted by atomic mass is 10.2. The van der Waals surface area contributed by atoms with Crippen molar-refractivity contribution in [2.24, 2.45) is 10.9 Å². The van der Waals surface area contributed by atoms with Gasteiger partial charge in [0.25, 0.3) is 0 Å². The average Bonchev–Trinajstić information content (AvgIpc) is 2.99. The summed E-state index contributed by atoms with van der Waals surface area (Å²) >= 11 is 0. The van der Waals surface area contributed by atoms with Crippen molar-refractivity contribution in [3.8, 4) is 0 Å². The van der Waals surface area contributed by atoms with E-state index in [1.807, 2.05) is 20.8 Å². The number of hydrogen-bond acceptors (Lipinski definition) is 3. The van der Waals surface area contributed by atoms with Crippen LogP contribution in [0.1, 0.15) is 33.6 Å². The highest BCUT2D eigenvalue weighted by molar-refractivity contribution is 5.84. The Balaban J connectivity index is 2.19. The highest BCUT2D eigenvalue weighted by Gasteiger charge is 2.21. The van der Waals surface area contributed by atoms with Crippen LogP contribution in [0.3, 0.4) is 0 Å². The van der Waals surface area contributed by atoms with Crippen LogP contribution >= 0.6 is 0 Å². The molecule has 2 N–H and O–H groups in total. The Morgan fingerprint density at radius 2 is 2.00 bits per heavy atom. The molecule has 5 nitrogen and oxygen atoms in total. The number of rotatable bonds is 4. The van der Waals surface area contributed by atoms with Gasteiger partial charge in [-0.05, 0) is 39.5 Å². The van der Waals surface area contributed by atoms with E-state index in [1.54, 1.807) is 7.05 Å². The maximum absolute atomic E-state index is 11.5. The minimum Gasteiger partial charge on any atom is -0.459 e. The quantitative estimate of drug-likeness (QED) is 0.436. The van der Waals surface area contributed by atoms with E-state index in [2.05, 4.69) is 15.6 Å². The minimum absolute atomic E-state index is 0.140. The first kappa shape index (κ1) is 13.8. The lowest BCUT2D eigenvalue weighted by Gasteiger charge is -2.20. The topological polar surface area (TPSA) is 62.7 Å². The van der Waals surface area contributed by atoms with Gasteiger partial charge >= 0.3 is 5.97 Å². The summed E-state index contributed by atoms with van der Waals surface area (Å²) < 4.78 is 5.19. The smallest absolute Gasteiger partial charge is 0.325 e. The summed E-state index contributed by atoms with van der Waals surface area (Å²) in [6, 6.07) is 0. The van der Waals surface area contributed by atoms with Gasteiger partial charge in [0.05, 0.1) is 0 Å². The predicted octanol–water partition coefficient (Wildman–Crippen LogP) is 0.903. The molecule has 1 aliphatic rings. The molecule has 17 heavy (non-hydrogen) atoms. The predicted molar refractivity (Wildman–Crippen MR) is 67.9 cm³/mol. The van der Waals surface area contributed by atoms with Crippen LogP contribution in [0.25, 0.3) is 0 Å². The van der Waals surface area contributed by atoms with Crippen molar-refractivity contribution in [1.29, 1.82) is 0 Å². The number of carbonyl (C=O) groups excluding carboxylic acids is 1. The van der Waals surface area contributed by atoms with Gasteiger partial charge in [-0.3, -0.25) is 9.79 Å². The summed E-state index contributed by atoms with van der Waals surface area (Å²) in [6.45, 7) is 6.62. The molecular formula is C12H23N3O2. The van der Waals surface area contributed by atoms with Gasteiger partial charge in [-0.2, -0.15) is 0 Å². The minimum atomic E-state index is -0.441. The summed E-state index contributed by atoms with van der Waals surface area (Å²) in [7, 11) is 1.69. The van der Waals surface area contributed by atoms with E-state index in [1.165, 1.54) is 12.8 Å². The molecule has 1 aliphatic carbocycles. The third-order valence-corrected chi connectivity index (χ3v) is 2.30. The van der Waals surface area contributed by atoms with Crippen LogP contribution in [0.4, 0.5) is 0 Å². The number of aliphatic imine (C=N–C) groups is 1. The highest BCUT2D eigenvalue weighted by Crippen LogP contribution is 2.27. The van der Waals surface area contributed by atoms with E-state index in [0.29, 0.717) is 5.96 Å². The first-order chi connectivity index (χ1) is 7.90. The zero-order valence-electron chi connectivity index (χ0n) is 11.2. The van der Waals surface area contributed by atoms with Gasteiger partial charge in [-0.15, -0.1) is 0 Å². The third-order valence-electron chi connectivity index (χ3n) is 2.30. The Morgan fingerprint density at radius 1 is 1.35 bits per heavy atom. The number of nitrogens with zero attached hydrogens (tertiary/aromatic N) is 1. The molecule has 0 spiro atoms. The van der Waals surface area contributed by atoms with E-state index >= 15 is 0 Å². The number of carbonyl (C=O) groups is 1. The van der Waals surface area contributed by atoms with Gasteiger partial charge in [0.1, 0.15) is 12.1 Å². The summed E-state index contributed by atoms with van der Waals surface area (Å²) in [4.78, 5) is 15.5. The van der Waals surface area contributed by atoms with Crippen molar-refractivity contribution in [3.63, 3.8) is 0 Å². The molecule has 0 unspecified atom stereocenters. The van der Waals surface area contributed by atoms with Crippen LogP contribution in [0.15, 0.2) is 4.99 Å². The van der Waals surface area contributed by atoms with Gasteiger partial charge in [-0.25, -0.2) is 0 Å². The number of esters is 1. The molecule has 1 saturated carbocycles. The standard InChI is InChI=1S/C12H23N3O2/c1-12(2,3)17-10(16)8-15-11(13-4)14-7-9-5-6-9/h9H,5-8H2,1-4H3,(H2,13,14,15). The molecule has 0 bridgehead atoms. The Hall–Kier alpha value is -1.26. The van der Waals surface area contributed by atoms with Crippen molar-refractivity contribution in [2.75, 3.05) is 20.1 Å². The molecule has 0 aromatic rings. The van der Waals surface area contributed by atoms with Gasteiger partial charge in [0.15, 0.2) is 5.96 Å². The van der Waals surface area contributed by atoms with Crippen LogP contribution < -0.4 is 10.6 Å². The van der Waals surface area contributed by atoms with Crippen molar-refractivity contribution in [2.45, 2.75) is 39.2 Å². The van der Waals surface area contributed by atoms with Gasteiger partial charge in [-0.1, -0.05) is 0 Å². The van der Waals surface area contributed by atoms with E-state index in [4.69, 9.17) is 4.74 Å². The van der Waals surface area contributed by atoms with E-state index < -0.39 is 5.60 Å². The molecule has 1 fully saturated rings. The zero-order valence-corrected chi connectivity index (χ0v) is 11.2. The number of ether oxygens (including phenoxy) is 1. The molecule has 0 aliphatic heterocycles. The largest absolute Gasteiger partial charge is 0.459 e. The Kier molecular flexibility index (Phi) is 4.78. The fourth-order valence-corrected chi connectivity index (χ4v) is 1.32. The molecule has 0 saturated heterocycles. The van der Waals surface area contributed by atoms with Crippen LogP contribution in [0.5, 0.6) is 0 Å². The number of nitrogens with one attached hydrogen (secondary N) is 2. The van der Waals surface area contributed by atoms with Crippen molar-refractivity contribution in [1.82, 2.24) is 10.6 Å². The highest BCUT2D eigenvalue weighted by atomic mass is 16.6. The molecule has 0 amide bonds. The SMILES string of the molecule is CN=C(NCC(=O)OC(C)(C)C)NCC1CC1. The number of guanidine groups is 1. The van der Waals surface area contributed by atoms with Gasteiger partial charge < -0.3 is 15.4 Å². The lowest BCUT2D eigenvalue weighted by Crippen LogP contribution is -2.42. The summed E-state index contributed by atoms with van der Waals surface area (Å²) in [5.41, 5.74) is -0.441. The fourth-order valence-electron chi connectivity index (χ4n) is 1.32. The van der Waals surface area contributed by atoms with Crippen molar-refractivity contribution >= 4 is 11.9 Å². The zero-order chi connectivity index (χ0) is 12.9. The molecule has 1 rings (SSSR count). The molecule has 0 aromatic carbocycles. The molecular weight excluding hydrogens is 218 g/mol. The fraction of sp³-hybridized carbons (Fsp3) is 0.833. The molecule has 0 atom stereocenters. The first-order valence-electron chi connectivity index (χ1n) is 6.07. The molecule has 5 heteroatoms. The lowest BCUT2D eigenvalue weighted by molar-refractivity contribution is -0.153. The molecule has 0 radical (unpaired) electrons.